The lowest BCUT2D eigenvalue weighted by atomic mass is 9.95. The third-order valence-electron chi connectivity index (χ3n) is 3.94. The topological polar surface area (TPSA) is 38.3 Å². The van der Waals surface area contributed by atoms with Crippen LogP contribution in [0.4, 0.5) is 5.69 Å². The van der Waals surface area contributed by atoms with Crippen molar-refractivity contribution in [3.05, 3.63) is 47.5 Å². The van der Waals surface area contributed by atoms with Gasteiger partial charge in [0.15, 0.2) is 0 Å². The van der Waals surface area contributed by atoms with E-state index in [2.05, 4.69) is 37.4 Å². The fourth-order valence-corrected chi connectivity index (χ4v) is 2.69. The number of fused-ring (bicyclic) bond motifs is 1. The Morgan fingerprint density at radius 3 is 2.67 bits per heavy atom. The Morgan fingerprint density at radius 1 is 1.14 bits per heavy atom. The van der Waals surface area contributed by atoms with Crippen LogP contribution in [0, 0.1) is 0 Å². The highest BCUT2D eigenvalue weighted by Gasteiger charge is 2.18. The Kier molecular flexibility index (Phi) is 3.42. The van der Waals surface area contributed by atoms with Crippen LogP contribution in [0.15, 0.2) is 36.4 Å². The summed E-state index contributed by atoms with van der Waals surface area (Å²) in [7, 11) is 1.68. The number of methoxy groups -OCH3 is 1. The third kappa shape index (κ3) is 2.51. The number of carbonyl (C=O) groups excluding carboxylic acids is 1. The van der Waals surface area contributed by atoms with Crippen molar-refractivity contribution in [2.75, 3.05) is 12.4 Å². The van der Waals surface area contributed by atoms with Gasteiger partial charge in [-0.1, -0.05) is 32.0 Å². The molecule has 0 fully saturated rings. The van der Waals surface area contributed by atoms with Gasteiger partial charge in [-0.15, -0.1) is 0 Å². The van der Waals surface area contributed by atoms with Crippen LogP contribution in [0.5, 0.6) is 5.75 Å². The predicted octanol–water partition coefficient (Wildman–Crippen LogP) is 3.98. The number of hydrogen-bond acceptors (Lipinski definition) is 2. The highest BCUT2D eigenvalue weighted by atomic mass is 16.5. The second-order valence-corrected chi connectivity index (χ2v) is 5.71. The molecular weight excluding hydrogens is 262 g/mol. The van der Waals surface area contributed by atoms with Crippen molar-refractivity contribution in [3.8, 4) is 16.9 Å². The van der Waals surface area contributed by atoms with Gasteiger partial charge in [0.1, 0.15) is 5.75 Å². The first-order valence-electron chi connectivity index (χ1n) is 7.19. The minimum absolute atomic E-state index is 0.0602. The SMILES string of the molecule is COc1ccc(C(C)C)cc1-c1ccc2c(c1)NC(=O)C2. The molecular formula is C18H19NO2. The van der Waals surface area contributed by atoms with E-state index in [-0.39, 0.29) is 5.91 Å². The van der Waals surface area contributed by atoms with E-state index in [4.69, 9.17) is 4.74 Å². The summed E-state index contributed by atoms with van der Waals surface area (Å²) in [6.45, 7) is 4.35. The van der Waals surface area contributed by atoms with Crippen molar-refractivity contribution in [2.45, 2.75) is 26.2 Å². The van der Waals surface area contributed by atoms with Gasteiger partial charge in [-0.3, -0.25) is 4.79 Å². The molecule has 3 heteroatoms. The second-order valence-electron chi connectivity index (χ2n) is 5.71. The number of carbonyl (C=O) groups is 1. The largest absolute Gasteiger partial charge is 0.496 e. The molecule has 1 N–H and O–H groups in total. The van der Waals surface area contributed by atoms with Crippen LogP contribution in [-0.4, -0.2) is 13.0 Å². The average Bonchev–Trinajstić information content (AvgIpc) is 2.85. The number of ether oxygens (including phenoxy) is 1. The van der Waals surface area contributed by atoms with Gasteiger partial charge in [0.05, 0.1) is 13.5 Å². The van der Waals surface area contributed by atoms with Gasteiger partial charge in [-0.05, 0) is 40.8 Å². The van der Waals surface area contributed by atoms with E-state index in [0.29, 0.717) is 12.3 Å². The van der Waals surface area contributed by atoms with Gasteiger partial charge in [0.2, 0.25) is 5.91 Å². The fourth-order valence-electron chi connectivity index (χ4n) is 2.69. The van der Waals surface area contributed by atoms with E-state index in [9.17, 15) is 4.79 Å². The maximum absolute atomic E-state index is 11.5. The van der Waals surface area contributed by atoms with Gasteiger partial charge < -0.3 is 10.1 Å². The van der Waals surface area contributed by atoms with Gasteiger partial charge in [0.25, 0.3) is 0 Å². The standard InChI is InChI=1S/C18H19NO2/c1-11(2)12-6-7-17(21-3)15(8-12)13-4-5-14-10-18(20)19-16(14)9-13/h4-9,11H,10H2,1-3H3,(H,19,20). The first-order valence-corrected chi connectivity index (χ1v) is 7.19. The summed E-state index contributed by atoms with van der Waals surface area (Å²) in [6.07, 6.45) is 0.471. The maximum atomic E-state index is 11.5. The van der Waals surface area contributed by atoms with Gasteiger partial charge in [-0.25, -0.2) is 0 Å². The van der Waals surface area contributed by atoms with E-state index in [0.717, 1.165) is 28.1 Å². The number of anilines is 1. The summed E-state index contributed by atoms with van der Waals surface area (Å²) in [4.78, 5) is 11.5. The smallest absolute Gasteiger partial charge is 0.228 e. The monoisotopic (exact) mass is 281 g/mol. The maximum Gasteiger partial charge on any atom is 0.228 e. The summed E-state index contributed by atoms with van der Waals surface area (Å²) in [5.41, 5.74) is 5.37. The van der Waals surface area contributed by atoms with Crippen molar-refractivity contribution in [1.29, 1.82) is 0 Å². The van der Waals surface area contributed by atoms with E-state index in [1.165, 1.54) is 5.56 Å². The first-order chi connectivity index (χ1) is 10.1. The lowest BCUT2D eigenvalue weighted by Gasteiger charge is -2.14. The molecule has 0 aromatic heterocycles. The molecule has 1 heterocycles. The Labute approximate surface area is 124 Å². The van der Waals surface area contributed by atoms with E-state index in [1.54, 1.807) is 7.11 Å². The highest BCUT2D eigenvalue weighted by molar-refractivity contribution is 6.00. The molecule has 0 saturated carbocycles. The number of benzene rings is 2. The van der Waals surface area contributed by atoms with E-state index < -0.39 is 0 Å². The van der Waals surface area contributed by atoms with Crippen molar-refractivity contribution in [3.63, 3.8) is 0 Å². The second kappa shape index (κ2) is 5.24. The van der Waals surface area contributed by atoms with E-state index >= 15 is 0 Å². The molecule has 2 aromatic carbocycles. The zero-order valence-electron chi connectivity index (χ0n) is 12.6. The summed E-state index contributed by atoms with van der Waals surface area (Å²) < 4.78 is 5.49. The highest BCUT2D eigenvalue weighted by Crippen LogP contribution is 2.36. The molecule has 0 atom stereocenters. The number of hydrogen-bond donors (Lipinski definition) is 1. The zero-order chi connectivity index (χ0) is 15.0. The molecule has 0 saturated heterocycles. The molecule has 108 valence electrons. The first kappa shape index (κ1) is 13.7. The summed E-state index contributed by atoms with van der Waals surface area (Å²) >= 11 is 0. The number of amides is 1. The van der Waals surface area contributed by atoms with Crippen LogP contribution in [0.2, 0.25) is 0 Å². The minimum Gasteiger partial charge on any atom is -0.496 e. The summed E-state index contributed by atoms with van der Waals surface area (Å²) in [6, 6.07) is 12.4. The Bertz CT molecular complexity index is 704. The Balaban J connectivity index is 2.09. The molecule has 0 aliphatic carbocycles. The van der Waals surface area contributed by atoms with Gasteiger partial charge in [-0.2, -0.15) is 0 Å². The lowest BCUT2D eigenvalue weighted by molar-refractivity contribution is -0.115. The molecule has 0 radical (unpaired) electrons. The van der Waals surface area contributed by atoms with Crippen LogP contribution in [-0.2, 0) is 11.2 Å². The van der Waals surface area contributed by atoms with Gasteiger partial charge >= 0.3 is 0 Å². The van der Waals surface area contributed by atoms with Crippen LogP contribution in [0.25, 0.3) is 11.1 Å². The third-order valence-corrected chi connectivity index (χ3v) is 3.94. The molecule has 0 unspecified atom stereocenters. The van der Waals surface area contributed by atoms with Crippen LogP contribution in [0.3, 0.4) is 0 Å². The van der Waals surface area contributed by atoms with E-state index in [1.807, 2.05) is 18.2 Å². The van der Waals surface area contributed by atoms with Crippen LogP contribution < -0.4 is 10.1 Å². The van der Waals surface area contributed by atoms with Crippen molar-refractivity contribution >= 4 is 11.6 Å². The van der Waals surface area contributed by atoms with Crippen LogP contribution >= 0.6 is 0 Å². The molecule has 0 spiro atoms. The Hall–Kier alpha value is -2.29. The molecule has 1 amide bonds. The molecule has 3 nitrogen and oxygen atoms in total. The predicted molar refractivity (Wildman–Crippen MR) is 84.9 cm³/mol. The lowest BCUT2D eigenvalue weighted by Crippen LogP contribution is -2.03. The summed E-state index contributed by atoms with van der Waals surface area (Å²) in [5.74, 6) is 1.37. The van der Waals surface area contributed by atoms with Gasteiger partial charge in [0, 0.05) is 11.3 Å². The molecule has 21 heavy (non-hydrogen) atoms. The Morgan fingerprint density at radius 2 is 1.95 bits per heavy atom. The zero-order valence-corrected chi connectivity index (χ0v) is 12.6. The summed E-state index contributed by atoms with van der Waals surface area (Å²) in [5, 5.41) is 2.90. The minimum atomic E-state index is 0.0602. The van der Waals surface area contributed by atoms with Crippen molar-refractivity contribution in [1.82, 2.24) is 0 Å². The van der Waals surface area contributed by atoms with Crippen molar-refractivity contribution in [2.24, 2.45) is 0 Å². The molecule has 1 aliphatic rings. The average molecular weight is 281 g/mol. The molecule has 3 rings (SSSR count). The molecule has 0 bridgehead atoms. The number of nitrogens with one attached hydrogen (secondary N) is 1. The fraction of sp³-hybridized carbons (Fsp3) is 0.278. The quantitative estimate of drug-likeness (QED) is 0.924. The normalized spacial score (nSPS) is 13.2. The molecule has 1 aliphatic heterocycles. The number of rotatable bonds is 3. The molecule has 2 aromatic rings. The van der Waals surface area contributed by atoms with Crippen molar-refractivity contribution < 1.29 is 9.53 Å². The van der Waals surface area contributed by atoms with Crippen LogP contribution in [0.1, 0.15) is 30.9 Å².